The highest BCUT2D eigenvalue weighted by Gasteiger charge is 2.25. The van der Waals surface area contributed by atoms with E-state index in [0.29, 0.717) is 26.3 Å². The third-order valence-electron chi connectivity index (χ3n) is 3.84. The fourth-order valence-corrected chi connectivity index (χ4v) is 3.21. The third kappa shape index (κ3) is 3.48. The van der Waals surface area contributed by atoms with Gasteiger partial charge in [0.05, 0.1) is 25.7 Å². The van der Waals surface area contributed by atoms with Crippen LogP contribution in [0.15, 0.2) is 12.1 Å². The number of aliphatic carboxylic acids is 1. The number of benzene rings is 1. The van der Waals surface area contributed by atoms with E-state index >= 15 is 0 Å². The molecule has 0 bridgehead atoms. The number of hydrogen-bond donors (Lipinski definition) is 1. The Morgan fingerprint density at radius 1 is 1.43 bits per heavy atom. The van der Waals surface area contributed by atoms with Crippen molar-refractivity contribution in [1.29, 1.82) is 0 Å². The lowest BCUT2D eigenvalue weighted by molar-refractivity contribution is -0.142. The quantitative estimate of drug-likeness (QED) is 0.921. The number of morpholine rings is 1. The van der Waals surface area contributed by atoms with Crippen LogP contribution in [0.1, 0.15) is 17.5 Å². The summed E-state index contributed by atoms with van der Waals surface area (Å²) >= 11 is 6.17. The molecule has 2 aliphatic rings. The molecule has 0 aromatic heterocycles. The van der Waals surface area contributed by atoms with Crippen LogP contribution >= 0.6 is 11.6 Å². The minimum atomic E-state index is -0.825. The maximum atomic E-state index is 10.8. The maximum absolute atomic E-state index is 10.8. The molecule has 5 nitrogen and oxygen atoms in total. The molecule has 0 amide bonds. The standard InChI is InChI=1S/C15H18ClNO4/c16-12-5-10-1-3-21-15(10)11(6-12)8-17-2-4-20-13(9-17)7-14(18)19/h5-6,13H,1-4,7-9H2,(H,18,19). The summed E-state index contributed by atoms with van der Waals surface area (Å²) in [5, 5.41) is 9.60. The molecular formula is C15H18ClNO4. The molecule has 0 aliphatic carbocycles. The van der Waals surface area contributed by atoms with E-state index in [0.717, 1.165) is 34.9 Å². The minimum absolute atomic E-state index is 0.0423. The Balaban J connectivity index is 1.70. The van der Waals surface area contributed by atoms with Crippen LogP contribution in [0.4, 0.5) is 0 Å². The molecule has 2 heterocycles. The van der Waals surface area contributed by atoms with Gasteiger partial charge in [0.1, 0.15) is 5.75 Å². The highest BCUT2D eigenvalue weighted by Crippen LogP contribution is 2.33. The van der Waals surface area contributed by atoms with E-state index in [2.05, 4.69) is 4.90 Å². The molecule has 1 N–H and O–H groups in total. The summed E-state index contributed by atoms with van der Waals surface area (Å²) in [5.74, 6) is 0.120. The predicted octanol–water partition coefficient (Wildman–Crippen LogP) is 1.95. The molecule has 1 aromatic carbocycles. The van der Waals surface area contributed by atoms with Crippen molar-refractivity contribution in [3.05, 3.63) is 28.3 Å². The van der Waals surface area contributed by atoms with Crippen LogP contribution in [-0.4, -0.2) is 48.4 Å². The second-order valence-electron chi connectivity index (χ2n) is 5.48. The van der Waals surface area contributed by atoms with E-state index in [-0.39, 0.29) is 12.5 Å². The Morgan fingerprint density at radius 2 is 2.29 bits per heavy atom. The molecule has 1 unspecified atom stereocenters. The number of ether oxygens (including phenoxy) is 2. The zero-order valence-electron chi connectivity index (χ0n) is 11.7. The van der Waals surface area contributed by atoms with Crippen LogP contribution in [0.3, 0.4) is 0 Å². The molecule has 1 atom stereocenters. The molecule has 1 saturated heterocycles. The monoisotopic (exact) mass is 311 g/mol. The van der Waals surface area contributed by atoms with E-state index in [1.54, 1.807) is 0 Å². The molecule has 114 valence electrons. The Kier molecular flexibility index (Phi) is 4.33. The van der Waals surface area contributed by atoms with Crippen molar-refractivity contribution in [3.8, 4) is 5.75 Å². The Morgan fingerprint density at radius 3 is 3.10 bits per heavy atom. The van der Waals surface area contributed by atoms with Gasteiger partial charge in [-0.3, -0.25) is 9.69 Å². The summed E-state index contributed by atoms with van der Waals surface area (Å²) in [4.78, 5) is 13.0. The van der Waals surface area contributed by atoms with Crippen LogP contribution in [0.2, 0.25) is 5.02 Å². The summed E-state index contributed by atoms with van der Waals surface area (Å²) < 4.78 is 11.2. The van der Waals surface area contributed by atoms with Gasteiger partial charge < -0.3 is 14.6 Å². The van der Waals surface area contributed by atoms with E-state index in [4.69, 9.17) is 26.2 Å². The molecule has 0 saturated carbocycles. The van der Waals surface area contributed by atoms with Gasteiger partial charge >= 0.3 is 5.97 Å². The zero-order valence-corrected chi connectivity index (χ0v) is 12.4. The molecule has 1 aromatic rings. The Hall–Kier alpha value is -1.30. The van der Waals surface area contributed by atoms with Crippen molar-refractivity contribution in [3.63, 3.8) is 0 Å². The van der Waals surface area contributed by atoms with Gasteiger partial charge in [-0.2, -0.15) is 0 Å². The van der Waals surface area contributed by atoms with Gasteiger partial charge in [0.15, 0.2) is 0 Å². The summed E-state index contributed by atoms with van der Waals surface area (Å²) in [6, 6.07) is 3.90. The smallest absolute Gasteiger partial charge is 0.306 e. The number of nitrogens with zero attached hydrogens (tertiary/aromatic N) is 1. The highest BCUT2D eigenvalue weighted by molar-refractivity contribution is 6.30. The van der Waals surface area contributed by atoms with Crippen molar-refractivity contribution < 1.29 is 19.4 Å². The SMILES string of the molecule is O=C(O)CC1CN(Cc2cc(Cl)cc3c2OCC3)CCO1. The van der Waals surface area contributed by atoms with Crippen molar-refractivity contribution >= 4 is 17.6 Å². The zero-order chi connectivity index (χ0) is 14.8. The summed E-state index contributed by atoms with van der Waals surface area (Å²) in [7, 11) is 0. The van der Waals surface area contributed by atoms with Crippen LogP contribution in [0.5, 0.6) is 5.75 Å². The van der Waals surface area contributed by atoms with Gasteiger partial charge in [-0.25, -0.2) is 0 Å². The van der Waals surface area contributed by atoms with Crippen molar-refractivity contribution in [1.82, 2.24) is 4.90 Å². The normalized spacial score (nSPS) is 21.9. The largest absolute Gasteiger partial charge is 0.493 e. The van der Waals surface area contributed by atoms with Crippen LogP contribution < -0.4 is 4.74 Å². The van der Waals surface area contributed by atoms with E-state index in [1.165, 1.54) is 0 Å². The average Bonchev–Trinajstić information content (AvgIpc) is 2.86. The topological polar surface area (TPSA) is 59.0 Å². The molecule has 21 heavy (non-hydrogen) atoms. The van der Waals surface area contributed by atoms with Crippen LogP contribution in [0.25, 0.3) is 0 Å². The van der Waals surface area contributed by atoms with Gasteiger partial charge in [-0.1, -0.05) is 11.6 Å². The molecule has 0 radical (unpaired) electrons. The van der Waals surface area contributed by atoms with Gasteiger partial charge in [0.25, 0.3) is 0 Å². The first kappa shape index (κ1) is 14.6. The first-order valence-corrected chi connectivity index (χ1v) is 7.49. The fraction of sp³-hybridized carbons (Fsp3) is 0.533. The lowest BCUT2D eigenvalue weighted by Crippen LogP contribution is -2.42. The number of carboxylic acids is 1. The Bertz CT molecular complexity index is 549. The summed E-state index contributed by atoms with van der Waals surface area (Å²) in [5.41, 5.74) is 2.24. The van der Waals surface area contributed by atoms with Gasteiger partial charge in [-0.15, -0.1) is 0 Å². The third-order valence-corrected chi connectivity index (χ3v) is 4.06. The van der Waals surface area contributed by atoms with Crippen LogP contribution in [0, 0.1) is 0 Å². The summed E-state index contributed by atoms with van der Waals surface area (Å²) in [6.45, 7) is 3.38. The highest BCUT2D eigenvalue weighted by atomic mass is 35.5. The number of carboxylic acid groups (broad SMARTS) is 1. The van der Waals surface area contributed by atoms with E-state index in [1.807, 2.05) is 12.1 Å². The maximum Gasteiger partial charge on any atom is 0.306 e. The minimum Gasteiger partial charge on any atom is -0.493 e. The van der Waals surface area contributed by atoms with Crippen LogP contribution in [-0.2, 0) is 22.5 Å². The average molecular weight is 312 g/mol. The van der Waals surface area contributed by atoms with Gasteiger partial charge in [0, 0.05) is 36.6 Å². The number of halogens is 1. The number of rotatable bonds is 4. The molecule has 3 rings (SSSR count). The van der Waals surface area contributed by atoms with Gasteiger partial charge in [0.2, 0.25) is 0 Å². The molecule has 0 spiro atoms. The number of hydrogen-bond acceptors (Lipinski definition) is 4. The predicted molar refractivity (Wildman–Crippen MR) is 77.9 cm³/mol. The molecule has 2 aliphatic heterocycles. The number of carbonyl (C=O) groups is 1. The first-order chi connectivity index (χ1) is 10.1. The lowest BCUT2D eigenvalue weighted by Gasteiger charge is -2.32. The number of fused-ring (bicyclic) bond motifs is 1. The second kappa shape index (κ2) is 6.22. The second-order valence-corrected chi connectivity index (χ2v) is 5.91. The first-order valence-electron chi connectivity index (χ1n) is 7.11. The molecule has 6 heteroatoms. The van der Waals surface area contributed by atoms with E-state index in [9.17, 15) is 4.79 Å². The van der Waals surface area contributed by atoms with Crippen molar-refractivity contribution in [2.24, 2.45) is 0 Å². The summed E-state index contributed by atoms with van der Waals surface area (Å²) in [6.07, 6.45) is 0.693. The molecular weight excluding hydrogens is 294 g/mol. The molecule has 1 fully saturated rings. The van der Waals surface area contributed by atoms with E-state index < -0.39 is 5.97 Å². The van der Waals surface area contributed by atoms with Crippen molar-refractivity contribution in [2.75, 3.05) is 26.3 Å². The van der Waals surface area contributed by atoms with Gasteiger partial charge in [-0.05, 0) is 17.7 Å². The Labute approximate surface area is 128 Å². The lowest BCUT2D eigenvalue weighted by atomic mass is 10.1. The fourth-order valence-electron chi connectivity index (χ4n) is 2.95. The van der Waals surface area contributed by atoms with Crippen molar-refractivity contribution in [2.45, 2.75) is 25.5 Å².